The third-order valence-corrected chi connectivity index (χ3v) is 2.86. The number of aliphatic carboxylic acids is 1. The van der Waals surface area contributed by atoms with Crippen molar-refractivity contribution in [3.8, 4) is 0 Å². The van der Waals surface area contributed by atoms with Crippen LogP contribution in [0.15, 0.2) is 12.1 Å². The molecular formula is C14H20N2O3. The molecule has 0 spiro atoms. The van der Waals surface area contributed by atoms with Gasteiger partial charge in [-0.15, -0.1) is 0 Å². The highest BCUT2D eigenvalue weighted by molar-refractivity contribution is 5.97. The highest BCUT2D eigenvalue weighted by Gasteiger charge is 2.33. The van der Waals surface area contributed by atoms with E-state index >= 15 is 0 Å². The van der Waals surface area contributed by atoms with E-state index in [0.717, 1.165) is 5.69 Å². The predicted octanol–water partition coefficient (Wildman–Crippen LogP) is 1.93. The third-order valence-electron chi connectivity index (χ3n) is 2.86. The van der Waals surface area contributed by atoms with Crippen LogP contribution in [0, 0.1) is 19.3 Å². The van der Waals surface area contributed by atoms with E-state index in [1.165, 1.54) is 0 Å². The average molecular weight is 264 g/mol. The Bertz CT molecular complexity index is 504. The summed E-state index contributed by atoms with van der Waals surface area (Å²) in [6.45, 7) is 8.88. The molecule has 0 aromatic carbocycles. The number of carbonyl (C=O) groups is 2. The summed E-state index contributed by atoms with van der Waals surface area (Å²) >= 11 is 0. The maximum atomic E-state index is 12.1. The van der Waals surface area contributed by atoms with Gasteiger partial charge in [0.2, 0.25) is 0 Å². The molecule has 1 aromatic heterocycles. The number of carboxylic acid groups (broad SMARTS) is 1. The Morgan fingerprint density at radius 2 is 1.84 bits per heavy atom. The average Bonchev–Trinajstić information content (AvgIpc) is 2.23. The molecule has 5 nitrogen and oxygen atoms in total. The van der Waals surface area contributed by atoms with Crippen LogP contribution in [-0.2, 0) is 4.79 Å². The molecule has 0 aliphatic heterocycles. The van der Waals surface area contributed by atoms with E-state index in [4.69, 9.17) is 0 Å². The molecule has 1 amide bonds. The summed E-state index contributed by atoms with van der Waals surface area (Å²) in [5.74, 6) is -1.45. The first-order chi connectivity index (χ1) is 8.62. The van der Waals surface area contributed by atoms with E-state index in [1.54, 1.807) is 39.8 Å². The number of nitrogens with zero attached hydrogens (tertiary/aromatic N) is 1. The predicted molar refractivity (Wildman–Crippen MR) is 72.1 cm³/mol. The maximum absolute atomic E-state index is 12.1. The van der Waals surface area contributed by atoms with E-state index in [0.29, 0.717) is 11.3 Å². The van der Waals surface area contributed by atoms with E-state index in [-0.39, 0.29) is 0 Å². The van der Waals surface area contributed by atoms with Crippen molar-refractivity contribution in [2.45, 2.75) is 40.7 Å². The number of hydrogen-bond donors (Lipinski definition) is 2. The van der Waals surface area contributed by atoms with Gasteiger partial charge in [0.25, 0.3) is 5.91 Å². The lowest BCUT2D eigenvalue weighted by atomic mass is 9.86. The summed E-state index contributed by atoms with van der Waals surface area (Å²) in [5.41, 5.74) is 1.25. The van der Waals surface area contributed by atoms with Gasteiger partial charge in [0.15, 0.2) is 0 Å². The van der Waals surface area contributed by atoms with Crippen LogP contribution in [0.2, 0.25) is 0 Å². The van der Waals surface area contributed by atoms with Gasteiger partial charge < -0.3 is 10.4 Å². The molecule has 1 aromatic rings. The minimum atomic E-state index is -1.04. The molecule has 5 heteroatoms. The Labute approximate surface area is 113 Å². The van der Waals surface area contributed by atoms with Gasteiger partial charge in [-0.25, -0.2) is 4.79 Å². The molecule has 2 N–H and O–H groups in total. The molecule has 1 atom stereocenters. The maximum Gasteiger partial charge on any atom is 0.326 e. The van der Waals surface area contributed by atoms with Crippen molar-refractivity contribution in [3.05, 3.63) is 29.1 Å². The minimum absolute atomic E-state index is 0.404. The number of nitrogens with one attached hydrogen (secondary N) is 1. The van der Waals surface area contributed by atoms with Crippen LogP contribution in [0.3, 0.4) is 0 Å². The van der Waals surface area contributed by atoms with E-state index in [2.05, 4.69) is 10.3 Å². The lowest BCUT2D eigenvalue weighted by Crippen LogP contribution is -2.49. The molecule has 0 fully saturated rings. The third kappa shape index (κ3) is 3.77. The highest BCUT2D eigenvalue weighted by atomic mass is 16.4. The zero-order valence-corrected chi connectivity index (χ0v) is 11.9. The summed E-state index contributed by atoms with van der Waals surface area (Å²) in [7, 11) is 0. The van der Waals surface area contributed by atoms with Crippen LogP contribution in [0.1, 0.15) is 42.5 Å². The summed E-state index contributed by atoms with van der Waals surface area (Å²) in [5, 5.41) is 11.7. The van der Waals surface area contributed by atoms with Gasteiger partial charge in [-0.3, -0.25) is 9.78 Å². The smallest absolute Gasteiger partial charge is 0.326 e. The monoisotopic (exact) mass is 264 g/mol. The number of aryl methyl sites for hydroxylation is 2. The van der Waals surface area contributed by atoms with Crippen LogP contribution in [-0.4, -0.2) is 28.0 Å². The zero-order chi connectivity index (χ0) is 14.8. The molecule has 0 radical (unpaired) electrons. The lowest BCUT2D eigenvalue weighted by Gasteiger charge is -2.27. The van der Waals surface area contributed by atoms with Crippen molar-refractivity contribution < 1.29 is 14.7 Å². The normalized spacial score (nSPS) is 12.9. The molecule has 0 aliphatic rings. The Kier molecular flexibility index (Phi) is 4.29. The topological polar surface area (TPSA) is 79.3 Å². The van der Waals surface area contributed by atoms with Gasteiger partial charge in [-0.1, -0.05) is 20.8 Å². The molecule has 0 unspecified atom stereocenters. The van der Waals surface area contributed by atoms with E-state index in [1.807, 2.05) is 6.92 Å². The Balaban J connectivity index is 2.98. The largest absolute Gasteiger partial charge is 0.480 e. The Morgan fingerprint density at radius 1 is 1.26 bits per heavy atom. The fourth-order valence-corrected chi connectivity index (χ4v) is 1.78. The first kappa shape index (κ1) is 15.1. The number of amides is 1. The fourth-order valence-electron chi connectivity index (χ4n) is 1.78. The first-order valence-corrected chi connectivity index (χ1v) is 6.11. The summed E-state index contributed by atoms with van der Waals surface area (Å²) < 4.78 is 0. The van der Waals surface area contributed by atoms with Crippen LogP contribution in [0.4, 0.5) is 0 Å². The Morgan fingerprint density at radius 3 is 2.26 bits per heavy atom. The second kappa shape index (κ2) is 5.38. The molecule has 104 valence electrons. The lowest BCUT2D eigenvalue weighted by molar-refractivity contribution is -0.142. The molecule has 0 aliphatic carbocycles. The zero-order valence-electron chi connectivity index (χ0n) is 11.9. The number of hydrogen-bond acceptors (Lipinski definition) is 3. The standard InChI is InChI=1S/C14H20N2O3/c1-8-6-7-10(9(2)15-8)12(17)16-11(13(18)19)14(3,4)5/h6-7,11H,1-5H3,(H,16,17)(H,18,19)/t11-/m1/s1. The quantitative estimate of drug-likeness (QED) is 0.874. The van der Waals surface area contributed by atoms with Gasteiger partial charge in [-0.05, 0) is 31.4 Å². The summed E-state index contributed by atoms with van der Waals surface area (Å²) in [6, 6.07) is 2.45. The number of pyridine rings is 1. The van der Waals surface area contributed by atoms with Crippen LogP contribution in [0.5, 0.6) is 0 Å². The van der Waals surface area contributed by atoms with Crippen molar-refractivity contribution in [3.63, 3.8) is 0 Å². The summed E-state index contributed by atoms with van der Waals surface area (Å²) in [6.07, 6.45) is 0. The number of carbonyl (C=O) groups excluding carboxylic acids is 1. The van der Waals surface area contributed by atoms with Crippen LogP contribution >= 0.6 is 0 Å². The first-order valence-electron chi connectivity index (χ1n) is 6.11. The number of aromatic nitrogens is 1. The summed E-state index contributed by atoms with van der Waals surface area (Å²) in [4.78, 5) is 27.5. The highest BCUT2D eigenvalue weighted by Crippen LogP contribution is 2.20. The van der Waals surface area contributed by atoms with Crippen LogP contribution in [0.25, 0.3) is 0 Å². The van der Waals surface area contributed by atoms with Gasteiger partial charge in [0.1, 0.15) is 6.04 Å². The minimum Gasteiger partial charge on any atom is -0.480 e. The molecule has 0 bridgehead atoms. The van der Waals surface area contributed by atoms with Crippen molar-refractivity contribution in [2.75, 3.05) is 0 Å². The van der Waals surface area contributed by atoms with Gasteiger partial charge in [0.05, 0.1) is 11.3 Å². The van der Waals surface area contributed by atoms with E-state index < -0.39 is 23.3 Å². The van der Waals surface area contributed by atoms with Gasteiger partial charge in [0, 0.05) is 5.69 Å². The molecule has 19 heavy (non-hydrogen) atoms. The van der Waals surface area contributed by atoms with E-state index in [9.17, 15) is 14.7 Å². The number of carboxylic acids is 1. The van der Waals surface area contributed by atoms with Gasteiger partial charge >= 0.3 is 5.97 Å². The Hall–Kier alpha value is -1.91. The van der Waals surface area contributed by atoms with Gasteiger partial charge in [-0.2, -0.15) is 0 Å². The second-order valence-corrected chi connectivity index (χ2v) is 5.70. The molecule has 0 saturated heterocycles. The second-order valence-electron chi connectivity index (χ2n) is 5.70. The molecule has 1 rings (SSSR count). The van der Waals surface area contributed by atoms with Crippen molar-refractivity contribution in [1.29, 1.82) is 0 Å². The fraction of sp³-hybridized carbons (Fsp3) is 0.500. The molecule has 0 saturated carbocycles. The molecule has 1 heterocycles. The van der Waals surface area contributed by atoms with Crippen molar-refractivity contribution in [2.24, 2.45) is 5.41 Å². The van der Waals surface area contributed by atoms with Crippen molar-refractivity contribution in [1.82, 2.24) is 10.3 Å². The van der Waals surface area contributed by atoms with Crippen LogP contribution < -0.4 is 5.32 Å². The SMILES string of the molecule is Cc1ccc(C(=O)N[C@H](C(=O)O)C(C)(C)C)c(C)n1. The number of rotatable bonds is 3. The molecular weight excluding hydrogens is 244 g/mol. The van der Waals surface area contributed by atoms with Crippen molar-refractivity contribution >= 4 is 11.9 Å².